The van der Waals surface area contributed by atoms with Gasteiger partial charge in [0.2, 0.25) is 0 Å². The first-order valence-corrected chi connectivity index (χ1v) is 11.1. The Bertz CT molecular complexity index is 936. The summed E-state index contributed by atoms with van der Waals surface area (Å²) < 4.78 is 7.32. The highest BCUT2D eigenvalue weighted by molar-refractivity contribution is 5.90. The van der Waals surface area contributed by atoms with Crippen molar-refractivity contribution >= 4 is 18.0 Å². The van der Waals surface area contributed by atoms with Gasteiger partial charge in [0.05, 0.1) is 12.2 Å². The number of rotatable bonds is 6. The highest BCUT2D eigenvalue weighted by Crippen LogP contribution is 2.17. The Morgan fingerprint density at radius 3 is 2.35 bits per heavy atom. The zero-order valence-electron chi connectivity index (χ0n) is 19.1. The fraction of sp³-hybridized carbons (Fsp3) is 0.480. The molecule has 1 aliphatic rings. The van der Waals surface area contributed by atoms with Crippen LogP contribution < -0.4 is 0 Å². The fourth-order valence-electron chi connectivity index (χ4n) is 3.94. The highest BCUT2D eigenvalue weighted by Gasteiger charge is 2.23. The van der Waals surface area contributed by atoms with Gasteiger partial charge in [-0.25, -0.2) is 4.79 Å². The van der Waals surface area contributed by atoms with Crippen molar-refractivity contribution in [2.24, 2.45) is 0 Å². The second kappa shape index (κ2) is 10.4. The molecule has 31 heavy (non-hydrogen) atoms. The average Bonchev–Trinajstić information content (AvgIpc) is 2.93. The molecule has 0 N–H and O–H groups in total. The first-order valence-electron chi connectivity index (χ1n) is 11.1. The van der Waals surface area contributed by atoms with E-state index in [1.165, 1.54) is 17.2 Å². The zero-order valence-corrected chi connectivity index (χ0v) is 19.1. The molecule has 3 rings (SSSR count). The molecular formula is C25H33N3O3. The van der Waals surface area contributed by atoms with Crippen LogP contribution >= 0.6 is 0 Å². The van der Waals surface area contributed by atoms with Gasteiger partial charge < -0.3 is 9.64 Å². The number of nitrogens with zero attached hydrogens (tertiary/aromatic N) is 3. The molecule has 6 nitrogen and oxygen atoms in total. The summed E-state index contributed by atoms with van der Waals surface area (Å²) in [5, 5.41) is 4.62. The zero-order chi connectivity index (χ0) is 22.4. The lowest BCUT2D eigenvalue weighted by atomic mass is 10.1. The molecular weight excluding hydrogens is 390 g/mol. The minimum absolute atomic E-state index is 0.109. The Morgan fingerprint density at radius 2 is 1.71 bits per heavy atom. The standard InChI is InChI=1S/C25H33N3O3/c1-18-9-11-22(12-10-18)17-28-20(3)23(19(2)26-28)13-14-24(29)31-21(4)25(30)27-15-7-5-6-8-16-27/h9-14,21H,5-8,15-17H2,1-4H3/b14-13+. The maximum atomic E-state index is 12.6. The summed E-state index contributed by atoms with van der Waals surface area (Å²) in [6, 6.07) is 8.38. The van der Waals surface area contributed by atoms with Gasteiger partial charge in [0, 0.05) is 30.4 Å². The summed E-state index contributed by atoms with van der Waals surface area (Å²) in [7, 11) is 0. The molecule has 1 atom stereocenters. The second-order valence-corrected chi connectivity index (χ2v) is 8.38. The fourth-order valence-corrected chi connectivity index (χ4v) is 3.94. The number of aryl methyl sites for hydroxylation is 2. The van der Waals surface area contributed by atoms with Crippen LogP contribution in [0.1, 0.15) is 60.7 Å². The van der Waals surface area contributed by atoms with E-state index in [0.29, 0.717) is 6.54 Å². The van der Waals surface area contributed by atoms with E-state index in [-0.39, 0.29) is 5.91 Å². The van der Waals surface area contributed by atoms with Crippen LogP contribution in [-0.4, -0.2) is 45.8 Å². The summed E-state index contributed by atoms with van der Waals surface area (Å²) in [4.78, 5) is 26.7. The van der Waals surface area contributed by atoms with Gasteiger partial charge in [-0.05, 0) is 52.2 Å². The summed E-state index contributed by atoms with van der Waals surface area (Å²) in [5.41, 5.74) is 5.13. The van der Waals surface area contributed by atoms with Crippen molar-refractivity contribution < 1.29 is 14.3 Å². The molecule has 1 unspecified atom stereocenters. The third-order valence-corrected chi connectivity index (χ3v) is 5.83. The topological polar surface area (TPSA) is 64.4 Å². The molecule has 0 radical (unpaired) electrons. The van der Waals surface area contributed by atoms with Crippen LogP contribution in [-0.2, 0) is 20.9 Å². The molecule has 6 heteroatoms. The van der Waals surface area contributed by atoms with E-state index in [0.717, 1.165) is 55.7 Å². The van der Waals surface area contributed by atoms with Crippen molar-refractivity contribution in [2.75, 3.05) is 13.1 Å². The monoisotopic (exact) mass is 423 g/mol. The van der Waals surface area contributed by atoms with E-state index < -0.39 is 12.1 Å². The number of hydrogen-bond donors (Lipinski definition) is 0. The number of amides is 1. The average molecular weight is 424 g/mol. The van der Waals surface area contributed by atoms with Crippen molar-refractivity contribution in [1.29, 1.82) is 0 Å². The van der Waals surface area contributed by atoms with E-state index in [2.05, 4.69) is 36.3 Å². The predicted octanol–water partition coefficient (Wildman–Crippen LogP) is 4.20. The molecule has 0 saturated carbocycles. The number of hydrogen-bond acceptors (Lipinski definition) is 4. The van der Waals surface area contributed by atoms with Gasteiger partial charge in [-0.2, -0.15) is 5.10 Å². The molecule has 1 amide bonds. The van der Waals surface area contributed by atoms with Crippen molar-refractivity contribution in [1.82, 2.24) is 14.7 Å². The summed E-state index contributed by atoms with van der Waals surface area (Å²) in [6.07, 6.45) is 6.67. The number of carbonyl (C=O) groups is 2. The van der Waals surface area contributed by atoms with Crippen molar-refractivity contribution in [2.45, 2.75) is 66.0 Å². The van der Waals surface area contributed by atoms with Crippen molar-refractivity contribution in [3.8, 4) is 0 Å². The quantitative estimate of drug-likeness (QED) is 0.516. The lowest BCUT2D eigenvalue weighted by Gasteiger charge is -2.23. The van der Waals surface area contributed by atoms with Crippen LogP contribution in [0.25, 0.3) is 6.08 Å². The molecule has 1 aliphatic heterocycles. The van der Waals surface area contributed by atoms with Crippen LogP contribution in [0.4, 0.5) is 0 Å². The van der Waals surface area contributed by atoms with Gasteiger partial charge >= 0.3 is 5.97 Å². The SMILES string of the molecule is Cc1ccc(Cn2nc(C)c(/C=C/C(=O)OC(C)C(=O)N3CCCCCC3)c2C)cc1. The third kappa shape index (κ3) is 6.06. The lowest BCUT2D eigenvalue weighted by molar-refractivity contribution is -0.155. The first kappa shape index (κ1) is 22.8. The van der Waals surface area contributed by atoms with Gasteiger partial charge in [0.25, 0.3) is 5.91 Å². The number of carbonyl (C=O) groups excluding carboxylic acids is 2. The normalized spacial score (nSPS) is 15.7. The summed E-state index contributed by atoms with van der Waals surface area (Å²) in [5.74, 6) is -0.623. The van der Waals surface area contributed by atoms with E-state index >= 15 is 0 Å². The summed E-state index contributed by atoms with van der Waals surface area (Å²) >= 11 is 0. The molecule has 1 aromatic heterocycles. The van der Waals surface area contributed by atoms with Gasteiger partial charge in [0.1, 0.15) is 0 Å². The van der Waals surface area contributed by atoms with Crippen LogP contribution in [0, 0.1) is 20.8 Å². The number of esters is 1. The molecule has 1 fully saturated rings. The Hall–Kier alpha value is -2.89. The van der Waals surface area contributed by atoms with Crippen LogP contribution in [0.2, 0.25) is 0 Å². The molecule has 166 valence electrons. The van der Waals surface area contributed by atoms with E-state index in [1.807, 2.05) is 23.4 Å². The Kier molecular flexibility index (Phi) is 7.66. The van der Waals surface area contributed by atoms with Crippen molar-refractivity contribution in [3.05, 3.63) is 58.4 Å². The Morgan fingerprint density at radius 1 is 1.06 bits per heavy atom. The van der Waals surface area contributed by atoms with Crippen LogP contribution in [0.5, 0.6) is 0 Å². The van der Waals surface area contributed by atoms with Gasteiger partial charge in [-0.15, -0.1) is 0 Å². The molecule has 0 spiro atoms. The molecule has 2 heterocycles. The van der Waals surface area contributed by atoms with Gasteiger partial charge in [0.15, 0.2) is 6.10 Å². The Balaban J connectivity index is 1.61. The third-order valence-electron chi connectivity index (χ3n) is 5.83. The maximum Gasteiger partial charge on any atom is 0.331 e. The van der Waals surface area contributed by atoms with E-state index in [1.54, 1.807) is 13.0 Å². The first-order chi connectivity index (χ1) is 14.8. The molecule has 1 saturated heterocycles. The number of benzene rings is 1. The highest BCUT2D eigenvalue weighted by atomic mass is 16.5. The predicted molar refractivity (Wildman–Crippen MR) is 122 cm³/mol. The van der Waals surface area contributed by atoms with E-state index in [9.17, 15) is 9.59 Å². The molecule has 1 aromatic carbocycles. The molecule has 0 aliphatic carbocycles. The van der Waals surface area contributed by atoms with Crippen LogP contribution in [0.15, 0.2) is 30.3 Å². The largest absolute Gasteiger partial charge is 0.449 e. The van der Waals surface area contributed by atoms with Crippen LogP contribution in [0.3, 0.4) is 0 Å². The second-order valence-electron chi connectivity index (χ2n) is 8.38. The number of likely N-dealkylation sites (tertiary alicyclic amines) is 1. The minimum atomic E-state index is -0.776. The number of aromatic nitrogens is 2. The minimum Gasteiger partial charge on any atom is -0.449 e. The Labute approximate surface area is 184 Å². The molecule has 0 bridgehead atoms. The van der Waals surface area contributed by atoms with Gasteiger partial charge in [-0.1, -0.05) is 42.7 Å². The van der Waals surface area contributed by atoms with E-state index in [4.69, 9.17) is 4.74 Å². The lowest BCUT2D eigenvalue weighted by Crippen LogP contribution is -2.40. The maximum absolute atomic E-state index is 12.6. The van der Waals surface area contributed by atoms with Gasteiger partial charge in [-0.3, -0.25) is 9.48 Å². The van der Waals surface area contributed by atoms with Crippen molar-refractivity contribution in [3.63, 3.8) is 0 Å². The summed E-state index contributed by atoms with van der Waals surface area (Å²) in [6.45, 7) is 9.79. The molecule has 2 aromatic rings. The number of ether oxygens (including phenoxy) is 1. The smallest absolute Gasteiger partial charge is 0.331 e.